The normalized spacial score (nSPS) is 14.4. The quantitative estimate of drug-likeness (QED) is 0.685. The van der Waals surface area contributed by atoms with Gasteiger partial charge in [-0.3, -0.25) is 0 Å². The smallest absolute Gasteiger partial charge is 0.133 e. The summed E-state index contributed by atoms with van der Waals surface area (Å²) in [6.07, 6.45) is 4.91. The summed E-state index contributed by atoms with van der Waals surface area (Å²) in [6, 6.07) is 1.95. The average molecular weight is 175 g/mol. The molecule has 0 bridgehead atoms. The maximum absolute atomic E-state index is 5.65. The number of hydrogen-bond acceptors (Lipinski definition) is 3. The molecule has 1 aliphatic heterocycles. The highest BCUT2D eigenvalue weighted by atomic mass is 15.0. The molecule has 0 radical (unpaired) electrons. The zero-order valence-corrected chi connectivity index (χ0v) is 7.67. The second-order valence-corrected chi connectivity index (χ2v) is 3.22. The monoisotopic (exact) mass is 175 g/mol. The summed E-state index contributed by atoms with van der Waals surface area (Å²) in [6.45, 7) is 3.05. The van der Waals surface area contributed by atoms with E-state index in [1.807, 2.05) is 6.07 Å². The molecule has 0 unspecified atom stereocenters. The van der Waals surface area contributed by atoms with Crippen LogP contribution in [0.2, 0.25) is 0 Å². The van der Waals surface area contributed by atoms with Gasteiger partial charge in [0.25, 0.3) is 0 Å². The number of fused-ring (bicyclic) bond motifs is 1. The van der Waals surface area contributed by atoms with Crippen LogP contribution in [0.5, 0.6) is 0 Å². The van der Waals surface area contributed by atoms with Gasteiger partial charge in [-0.25, -0.2) is 4.98 Å². The van der Waals surface area contributed by atoms with Crippen LogP contribution in [0, 0.1) is 0 Å². The molecule has 0 fully saturated rings. The average Bonchev–Trinajstić information content (AvgIpc) is 2.16. The lowest BCUT2D eigenvalue weighted by atomic mass is 10.1. The van der Waals surface area contributed by atoms with Crippen LogP contribution in [-0.4, -0.2) is 11.5 Å². The van der Waals surface area contributed by atoms with Crippen LogP contribution in [0.1, 0.15) is 18.9 Å². The van der Waals surface area contributed by atoms with Gasteiger partial charge in [0.05, 0.1) is 11.9 Å². The molecule has 2 heterocycles. The lowest BCUT2D eigenvalue weighted by Crippen LogP contribution is -2.11. The first-order chi connectivity index (χ1) is 6.29. The lowest BCUT2D eigenvalue weighted by Gasteiger charge is -2.16. The third-order valence-electron chi connectivity index (χ3n) is 2.23. The largest absolute Gasteiger partial charge is 0.397 e. The molecule has 3 N–H and O–H groups in total. The van der Waals surface area contributed by atoms with E-state index in [0.717, 1.165) is 24.3 Å². The van der Waals surface area contributed by atoms with E-state index in [-0.39, 0.29) is 0 Å². The third-order valence-corrected chi connectivity index (χ3v) is 2.23. The van der Waals surface area contributed by atoms with Gasteiger partial charge in [0.15, 0.2) is 0 Å². The molecule has 0 aromatic carbocycles. The number of nitrogens with zero attached hydrogens (tertiary/aromatic N) is 1. The van der Waals surface area contributed by atoms with E-state index in [1.54, 1.807) is 6.20 Å². The molecular formula is C10H13N3. The predicted octanol–water partition coefficient (Wildman–Crippen LogP) is 1.88. The Morgan fingerprint density at radius 2 is 2.46 bits per heavy atom. The van der Waals surface area contributed by atoms with Gasteiger partial charge in [-0.1, -0.05) is 18.6 Å². The second-order valence-electron chi connectivity index (χ2n) is 3.22. The summed E-state index contributed by atoms with van der Waals surface area (Å²) in [4.78, 5) is 4.21. The number of aromatic nitrogens is 1. The maximum atomic E-state index is 5.65. The second kappa shape index (κ2) is 3.09. The fourth-order valence-electron chi connectivity index (χ4n) is 1.45. The van der Waals surface area contributed by atoms with E-state index in [0.29, 0.717) is 5.69 Å². The van der Waals surface area contributed by atoms with Crippen molar-refractivity contribution in [3.05, 3.63) is 23.4 Å². The van der Waals surface area contributed by atoms with E-state index in [9.17, 15) is 0 Å². The zero-order chi connectivity index (χ0) is 9.26. The van der Waals surface area contributed by atoms with Crippen molar-refractivity contribution in [2.45, 2.75) is 13.3 Å². The zero-order valence-electron chi connectivity index (χ0n) is 7.67. The Hall–Kier alpha value is -1.51. The first-order valence-corrected chi connectivity index (χ1v) is 4.48. The van der Waals surface area contributed by atoms with E-state index < -0.39 is 0 Å². The van der Waals surface area contributed by atoms with Crippen LogP contribution in [0.15, 0.2) is 17.8 Å². The fourth-order valence-corrected chi connectivity index (χ4v) is 1.45. The Morgan fingerprint density at radius 3 is 3.23 bits per heavy atom. The van der Waals surface area contributed by atoms with Crippen LogP contribution in [0.4, 0.5) is 11.5 Å². The van der Waals surface area contributed by atoms with E-state index in [1.165, 1.54) is 5.57 Å². The first kappa shape index (κ1) is 8.10. The van der Waals surface area contributed by atoms with Gasteiger partial charge < -0.3 is 11.1 Å². The van der Waals surface area contributed by atoms with Crippen LogP contribution in [0.3, 0.4) is 0 Å². The number of nitrogens with one attached hydrogen (secondary N) is 1. The van der Waals surface area contributed by atoms with Crippen molar-refractivity contribution in [1.29, 1.82) is 0 Å². The Labute approximate surface area is 77.7 Å². The number of rotatable bonds is 1. The molecule has 0 atom stereocenters. The van der Waals surface area contributed by atoms with Crippen molar-refractivity contribution in [1.82, 2.24) is 4.98 Å². The minimum absolute atomic E-state index is 0.717. The molecule has 0 amide bonds. The van der Waals surface area contributed by atoms with Crippen molar-refractivity contribution >= 4 is 17.6 Å². The van der Waals surface area contributed by atoms with E-state index >= 15 is 0 Å². The third kappa shape index (κ3) is 1.49. The van der Waals surface area contributed by atoms with Gasteiger partial charge in [-0.2, -0.15) is 0 Å². The van der Waals surface area contributed by atoms with Gasteiger partial charge in [0, 0.05) is 12.1 Å². The summed E-state index contributed by atoms with van der Waals surface area (Å²) in [5.74, 6) is 0.936. The molecule has 0 saturated heterocycles. The molecule has 0 saturated carbocycles. The maximum Gasteiger partial charge on any atom is 0.133 e. The molecule has 1 aromatic heterocycles. The highest BCUT2D eigenvalue weighted by molar-refractivity contribution is 5.71. The molecule has 2 rings (SSSR count). The van der Waals surface area contributed by atoms with Gasteiger partial charge in [0.2, 0.25) is 0 Å². The Kier molecular flexibility index (Phi) is 1.93. The number of anilines is 2. The molecular weight excluding hydrogens is 162 g/mol. The number of hydrogen-bond donors (Lipinski definition) is 2. The molecule has 3 nitrogen and oxygen atoms in total. The van der Waals surface area contributed by atoms with Gasteiger partial charge in [-0.05, 0) is 12.5 Å². The SMILES string of the molecule is CCC1=Cc2cc(N)cnc2NC1. The fraction of sp³-hybridized carbons (Fsp3) is 0.300. The molecule has 0 aliphatic carbocycles. The number of nitrogen functional groups attached to an aromatic ring is 1. The highest BCUT2D eigenvalue weighted by Gasteiger charge is 2.08. The summed E-state index contributed by atoms with van der Waals surface area (Å²) in [7, 11) is 0. The number of nitrogens with two attached hydrogens (primary N) is 1. The molecule has 1 aromatic rings. The standard InChI is InChI=1S/C10H13N3/c1-2-7-3-8-4-9(11)6-13-10(8)12-5-7/h3-4,6H,2,5,11H2,1H3,(H,12,13). The minimum atomic E-state index is 0.717. The summed E-state index contributed by atoms with van der Waals surface area (Å²) in [5.41, 5.74) is 8.85. The Morgan fingerprint density at radius 1 is 1.62 bits per heavy atom. The van der Waals surface area contributed by atoms with E-state index in [2.05, 4.69) is 23.3 Å². The van der Waals surface area contributed by atoms with Crippen LogP contribution < -0.4 is 11.1 Å². The predicted molar refractivity (Wildman–Crippen MR) is 55.4 cm³/mol. The summed E-state index contributed by atoms with van der Waals surface area (Å²) < 4.78 is 0. The molecule has 1 aliphatic rings. The minimum Gasteiger partial charge on any atom is -0.397 e. The molecule has 3 heteroatoms. The van der Waals surface area contributed by atoms with Gasteiger partial charge in [-0.15, -0.1) is 0 Å². The van der Waals surface area contributed by atoms with Crippen molar-refractivity contribution < 1.29 is 0 Å². The topological polar surface area (TPSA) is 50.9 Å². The summed E-state index contributed by atoms with van der Waals surface area (Å²) in [5, 5.41) is 3.26. The van der Waals surface area contributed by atoms with Crippen molar-refractivity contribution in [2.75, 3.05) is 17.6 Å². The van der Waals surface area contributed by atoms with Crippen LogP contribution in [-0.2, 0) is 0 Å². The van der Waals surface area contributed by atoms with Gasteiger partial charge in [0.1, 0.15) is 5.82 Å². The molecule has 68 valence electrons. The van der Waals surface area contributed by atoms with E-state index in [4.69, 9.17) is 5.73 Å². The lowest BCUT2D eigenvalue weighted by molar-refractivity contribution is 1.03. The Bertz CT molecular complexity index is 355. The van der Waals surface area contributed by atoms with Crippen LogP contribution >= 0.6 is 0 Å². The Balaban J connectivity index is 2.44. The summed E-state index contributed by atoms with van der Waals surface area (Å²) >= 11 is 0. The van der Waals surface area contributed by atoms with Crippen molar-refractivity contribution in [3.63, 3.8) is 0 Å². The molecule has 13 heavy (non-hydrogen) atoms. The highest BCUT2D eigenvalue weighted by Crippen LogP contribution is 2.23. The number of pyridine rings is 1. The van der Waals surface area contributed by atoms with Crippen LogP contribution in [0.25, 0.3) is 6.08 Å². The van der Waals surface area contributed by atoms with Crippen molar-refractivity contribution in [3.8, 4) is 0 Å². The molecule has 0 spiro atoms. The van der Waals surface area contributed by atoms with Gasteiger partial charge >= 0.3 is 0 Å². The van der Waals surface area contributed by atoms with Crippen molar-refractivity contribution in [2.24, 2.45) is 0 Å². The first-order valence-electron chi connectivity index (χ1n) is 4.48.